The van der Waals surface area contributed by atoms with Gasteiger partial charge in [0.2, 0.25) is 0 Å². The number of pyridine rings is 1. The zero-order valence-corrected chi connectivity index (χ0v) is 15.7. The zero-order chi connectivity index (χ0) is 20.1. The molecule has 0 aliphatic carbocycles. The van der Waals surface area contributed by atoms with Crippen molar-refractivity contribution in [3.63, 3.8) is 0 Å². The highest BCUT2D eigenvalue weighted by Crippen LogP contribution is 2.23. The summed E-state index contributed by atoms with van der Waals surface area (Å²) >= 11 is 0. The SMILES string of the molecule is Cc1ccc(-c2cc(C(=O)NCc3ccc(C(=O)NO)cc3)ccn2)c(C)c1. The van der Waals surface area contributed by atoms with Gasteiger partial charge in [0.05, 0.1) is 5.69 Å². The van der Waals surface area contributed by atoms with E-state index in [0.717, 1.165) is 22.4 Å². The number of nitrogens with one attached hydrogen (secondary N) is 2. The van der Waals surface area contributed by atoms with Crippen LogP contribution in [0.1, 0.15) is 37.4 Å². The lowest BCUT2D eigenvalue weighted by molar-refractivity contribution is 0.0706. The van der Waals surface area contributed by atoms with Crippen molar-refractivity contribution in [1.29, 1.82) is 0 Å². The maximum atomic E-state index is 12.5. The maximum Gasteiger partial charge on any atom is 0.274 e. The van der Waals surface area contributed by atoms with E-state index in [1.165, 1.54) is 5.56 Å². The number of carbonyl (C=O) groups is 2. The second-order valence-corrected chi connectivity index (χ2v) is 6.57. The van der Waals surface area contributed by atoms with Gasteiger partial charge in [0.1, 0.15) is 0 Å². The van der Waals surface area contributed by atoms with Gasteiger partial charge in [-0.15, -0.1) is 0 Å². The molecule has 142 valence electrons. The topological polar surface area (TPSA) is 91.3 Å². The third kappa shape index (κ3) is 4.42. The van der Waals surface area contributed by atoms with Gasteiger partial charge in [0, 0.05) is 29.4 Å². The Morgan fingerprint density at radius 2 is 1.68 bits per heavy atom. The molecule has 6 nitrogen and oxygen atoms in total. The molecule has 1 aromatic heterocycles. The minimum absolute atomic E-state index is 0.203. The summed E-state index contributed by atoms with van der Waals surface area (Å²) in [6.45, 7) is 4.38. The molecule has 2 amide bonds. The molecule has 0 fully saturated rings. The summed E-state index contributed by atoms with van der Waals surface area (Å²) in [5.41, 5.74) is 7.33. The van der Waals surface area contributed by atoms with Gasteiger partial charge >= 0.3 is 0 Å². The first-order valence-electron chi connectivity index (χ1n) is 8.83. The van der Waals surface area contributed by atoms with Gasteiger partial charge in [-0.3, -0.25) is 19.8 Å². The Bertz CT molecular complexity index is 1010. The fourth-order valence-electron chi connectivity index (χ4n) is 2.94. The van der Waals surface area contributed by atoms with Crippen LogP contribution in [-0.2, 0) is 6.54 Å². The van der Waals surface area contributed by atoms with Crippen LogP contribution in [-0.4, -0.2) is 22.0 Å². The highest BCUT2D eigenvalue weighted by atomic mass is 16.5. The van der Waals surface area contributed by atoms with Crippen molar-refractivity contribution in [2.45, 2.75) is 20.4 Å². The van der Waals surface area contributed by atoms with E-state index in [4.69, 9.17) is 5.21 Å². The molecule has 6 heteroatoms. The molecule has 0 bridgehead atoms. The van der Waals surface area contributed by atoms with Crippen molar-refractivity contribution in [3.05, 3.63) is 88.6 Å². The predicted octanol–water partition coefficient (Wildman–Crippen LogP) is 3.41. The molecule has 28 heavy (non-hydrogen) atoms. The minimum Gasteiger partial charge on any atom is -0.348 e. The van der Waals surface area contributed by atoms with E-state index >= 15 is 0 Å². The van der Waals surface area contributed by atoms with Gasteiger partial charge in [-0.25, -0.2) is 5.48 Å². The molecule has 0 radical (unpaired) electrons. The van der Waals surface area contributed by atoms with E-state index in [1.54, 1.807) is 48.1 Å². The number of aromatic nitrogens is 1. The highest BCUT2D eigenvalue weighted by molar-refractivity contribution is 5.95. The highest BCUT2D eigenvalue weighted by Gasteiger charge is 2.10. The molecule has 3 aromatic rings. The predicted molar refractivity (Wildman–Crippen MR) is 106 cm³/mol. The summed E-state index contributed by atoms with van der Waals surface area (Å²) in [5, 5.41) is 11.5. The number of hydrogen-bond donors (Lipinski definition) is 3. The Balaban J connectivity index is 1.70. The monoisotopic (exact) mass is 375 g/mol. The number of hydroxylamine groups is 1. The van der Waals surface area contributed by atoms with E-state index in [0.29, 0.717) is 17.7 Å². The zero-order valence-electron chi connectivity index (χ0n) is 15.7. The van der Waals surface area contributed by atoms with Gasteiger partial charge in [0.25, 0.3) is 11.8 Å². The second kappa shape index (κ2) is 8.45. The first-order chi connectivity index (χ1) is 13.5. The van der Waals surface area contributed by atoms with Crippen LogP contribution in [0.4, 0.5) is 0 Å². The molecule has 2 aromatic carbocycles. The van der Waals surface area contributed by atoms with Gasteiger partial charge in [-0.2, -0.15) is 0 Å². The summed E-state index contributed by atoms with van der Waals surface area (Å²) in [6, 6.07) is 16.2. The van der Waals surface area contributed by atoms with E-state index in [2.05, 4.69) is 16.4 Å². The quantitative estimate of drug-likeness (QED) is 0.471. The number of carbonyl (C=O) groups excluding carboxylic acids is 2. The molecule has 0 unspecified atom stereocenters. The van der Waals surface area contributed by atoms with Gasteiger partial charge < -0.3 is 5.32 Å². The van der Waals surface area contributed by atoms with Crippen molar-refractivity contribution in [2.75, 3.05) is 0 Å². The van der Waals surface area contributed by atoms with Crippen molar-refractivity contribution < 1.29 is 14.8 Å². The molecule has 0 saturated carbocycles. The lowest BCUT2D eigenvalue weighted by Crippen LogP contribution is -2.23. The molecule has 1 heterocycles. The first-order valence-corrected chi connectivity index (χ1v) is 8.83. The van der Waals surface area contributed by atoms with Crippen LogP contribution in [0, 0.1) is 13.8 Å². The lowest BCUT2D eigenvalue weighted by Gasteiger charge is -2.09. The van der Waals surface area contributed by atoms with E-state index in [1.807, 2.05) is 26.0 Å². The van der Waals surface area contributed by atoms with Gasteiger partial charge in [-0.05, 0) is 49.2 Å². The molecule has 3 rings (SSSR count). The Hall–Kier alpha value is -3.51. The normalized spacial score (nSPS) is 10.4. The molecular weight excluding hydrogens is 354 g/mol. The smallest absolute Gasteiger partial charge is 0.274 e. The van der Waals surface area contributed by atoms with Gasteiger partial charge in [-0.1, -0.05) is 35.9 Å². The Kier molecular flexibility index (Phi) is 5.81. The van der Waals surface area contributed by atoms with E-state index in [-0.39, 0.29) is 5.91 Å². The third-order valence-electron chi connectivity index (χ3n) is 4.45. The summed E-state index contributed by atoms with van der Waals surface area (Å²) < 4.78 is 0. The Labute approximate surface area is 163 Å². The number of nitrogens with zero attached hydrogens (tertiary/aromatic N) is 1. The standard InChI is InChI=1S/C22H21N3O3/c1-14-3-8-19(15(2)11-14)20-12-18(9-10-23-20)21(26)24-13-16-4-6-17(7-5-16)22(27)25-28/h3-12,28H,13H2,1-2H3,(H,24,26)(H,25,27). The molecule has 0 aliphatic heterocycles. The van der Waals surface area contributed by atoms with Crippen LogP contribution in [0.2, 0.25) is 0 Å². The number of benzene rings is 2. The number of amides is 2. The Morgan fingerprint density at radius 1 is 0.929 bits per heavy atom. The summed E-state index contributed by atoms with van der Waals surface area (Å²) in [7, 11) is 0. The van der Waals surface area contributed by atoms with Crippen LogP contribution in [0.5, 0.6) is 0 Å². The maximum absolute atomic E-state index is 12.5. The van der Waals surface area contributed by atoms with Crippen molar-refractivity contribution in [3.8, 4) is 11.3 Å². The number of aryl methyl sites for hydroxylation is 2. The number of hydrogen-bond acceptors (Lipinski definition) is 4. The van der Waals surface area contributed by atoms with E-state index in [9.17, 15) is 9.59 Å². The van der Waals surface area contributed by atoms with Crippen LogP contribution < -0.4 is 10.8 Å². The average molecular weight is 375 g/mol. The van der Waals surface area contributed by atoms with Crippen molar-refractivity contribution in [1.82, 2.24) is 15.8 Å². The minimum atomic E-state index is -0.578. The summed E-state index contributed by atoms with van der Waals surface area (Å²) in [5.74, 6) is -0.781. The largest absolute Gasteiger partial charge is 0.348 e. The first kappa shape index (κ1) is 19.3. The summed E-state index contributed by atoms with van der Waals surface area (Å²) in [6.07, 6.45) is 1.63. The summed E-state index contributed by atoms with van der Waals surface area (Å²) in [4.78, 5) is 28.3. The van der Waals surface area contributed by atoms with E-state index < -0.39 is 5.91 Å². The molecule has 0 saturated heterocycles. The third-order valence-corrected chi connectivity index (χ3v) is 4.45. The van der Waals surface area contributed by atoms with Crippen LogP contribution in [0.25, 0.3) is 11.3 Å². The Morgan fingerprint density at radius 3 is 2.36 bits per heavy atom. The van der Waals surface area contributed by atoms with Crippen molar-refractivity contribution in [2.24, 2.45) is 0 Å². The molecule has 3 N–H and O–H groups in total. The number of rotatable bonds is 5. The van der Waals surface area contributed by atoms with Crippen LogP contribution >= 0.6 is 0 Å². The van der Waals surface area contributed by atoms with Crippen LogP contribution in [0.15, 0.2) is 60.8 Å². The molecular formula is C22H21N3O3. The lowest BCUT2D eigenvalue weighted by atomic mass is 10.0. The average Bonchev–Trinajstić information content (AvgIpc) is 2.72. The molecule has 0 atom stereocenters. The van der Waals surface area contributed by atoms with Crippen LogP contribution in [0.3, 0.4) is 0 Å². The second-order valence-electron chi connectivity index (χ2n) is 6.57. The molecule has 0 spiro atoms. The fourth-order valence-corrected chi connectivity index (χ4v) is 2.94. The van der Waals surface area contributed by atoms with Crippen molar-refractivity contribution >= 4 is 11.8 Å². The fraction of sp³-hybridized carbons (Fsp3) is 0.136. The molecule has 0 aliphatic rings. The van der Waals surface area contributed by atoms with Gasteiger partial charge in [0.15, 0.2) is 0 Å².